The highest BCUT2D eigenvalue weighted by Crippen LogP contribution is 2.27. The lowest BCUT2D eigenvalue weighted by Gasteiger charge is -2.44. The third-order valence-corrected chi connectivity index (χ3v) is 12.5. The Morgan fingerprint density at radius 2 is 1.11 bits per heavy atom. The van der Waals surface area contributed by atoms with E-state index in [9.17, 15) is 14.4 Å². The van der Waals surface area contributed by atoms with E-state index < -0.39 is 0 Å². The van der Waals surface area contributed by atoms with E-state index in [1.807, 2.05) is 72.5 Å². The van der Waals surface area contributed by atoms with Crippen molar-refractivity contribution in [3.05, 3.63) is 90.3 Å². The number of amides is 3. The third kappa shape index (κ3) is 11.9. The zero-order chi connectivity index (χ0) is 50.2. The molecule has 3 saturated heterocycles. The molecular formula is C47H59ClN18O5. The van der Waals surface area contributed by atoms with E-state index in [2.05, 4.69) is 69.3 Å². The highest BCUT2D eigenvalue weighted by Gasteiger charge is 2.32. The zero-order valence-electron chi connectivity index (χ0n) is 40.4. The van der Waals surface area contributed by atoms with Gasteiger partial charge in [0.1, 0.15) is 11.0 Å². The molecule has 0 spiro atoms. The van der Waals surface area contributed by atoms with Gasteiger partial charge in [-0.05, 0) is 81.4 Å². The minimum atomic E-state index is -0.283. The standard InChI is InChI=1S/C28H38N10O3.C19H21ClN8O2/c1-5-41-28(40)35-14-12-34(13-15-35)23-8-6-22(7-9-23)31-27-32-26(29)38(33-27)24-10-11-30-25(16-24)36-17-19(2)37(21(4)39)20(3)18-36;1-30-19(29)27-10-8-26(9-11-27)14-4-2-13(3-5-14)23-18-24-17(21)28(25-18)15-6-7-22-16(20)12-15/h6-11,16,19-20H,5,12-15,17-18H2,1-4H3,(H3,29,31,32,33);2-7,12H,8-11H2,1H3,(H3,21,23,24,25)/t19-,20+;. The number of nitrogen functional groups attached to an aromatic ring is 2. The lowest BCUT2D eigenvalue weighted by molar-refractivity contribution is -0.133. The second-order valence-corrected chi connectivity index (χ2v) is 17.5. The monoisotopic (exact) mass is 990 g/mol. The molecule has 3 amide bonds. The van der Waals surface area contributed by atoms with Gasteiger partial charge in [0.25, 0.3) is 0 Å². The van der Waals surface area contributed by atoms with Crippen LogP contribution in [0.25, 0.3) is 11.4 Å². The van der Waals surface area contributed by atoms with Crippen LogP contribution >= 0.6 is 11.6 Å². The van der Waals surface area contributed by atoms with Gasteiger partial charge in [0.15, 0.2) is 0 Å². The van der Waals surface area contributed by atoms with Gasteiger partial charge in [0, 0.05) is 132 Å². The van der Waals surface area contributed by atoms with Gasteiger partial charge in [-0.15, -0.1) is 10.2 Å². The van der Waals surface area contributed by atoms with Crippen LogP contribution in [0, 0.1) is 0 Å². The molecule has 2 aromatic carbocycles. The van der Waals surface area contributed by atoms with Crippen molar-refractivity contribution in [2.75, 3.05) is 116 Å². The molecule has 3 aliphatic rings. The molecule has 0 bridgehead atoms. The number of carbonyl (C=O) groups is 3. The number of nitrogens with one attached hydrogen (secondary N) is 2. The molecule has 6 aromatic rings. The maximum atomic E-state index is 12.0. The Labute approximate surface area is 416 Å². The van der Waals surface area contributed by atoms with Crippen LogP contribution in [0.15, 0.2) is 85.2 Å². The minimum absolute atomic E-state index is 0.0783. The molecule has 2 atom stereocenters. The van der Waals surface area contributed by atoms with Crippen LogP contribution in [0.1, 0.15) is 27.7 Å². The Morgan fingerprint density at radius 3 is 1.56 bits per heavy atom. The van der Waals surface area contributed by atoms with Gasteiger partial charge in [-0.3, -0.25) is 4.79 Å². The van der Waals surface area contributed by atoms with Crippen molar-refractivity contribution in [3.8, 4) is 11.4 Å². The van der Waals surface area contributed by atoms with Gasteiger partial charge in [0.2, 0.25) is 29.7 Å². The summed E-state index contributed by atoms with van der Waals surface area (Å²) in [4.78, 5) is 64.8. The number of anilines is 9. The van der Waals surface area contributed by atoms with Crippen molar-refractivity contribution >= 4 is 82.1 Å². The SMILES string of the molecule is CCOC(=O)N1CCN(c2ccc(Nc3nc(N)n(-c4ccnc(N5C[C@@H](C)N(C(C)=O)[C@@H](C)C5)c4)n3)cc2)CC1.COC(=O)N1CCN(c2ccc(Nc3nc(N)n(-c4ccnc(Cl)c4)n3)cc2)CC1. The average molecular weight is 992 g/mol. The average Bonchev–Trinajstić information content (AvgIpc) is 3.94. The zero-order valence-corrected chi connectivity index (χ0v) is 41.1. The maximum absolute atomic E-state index is 12.0. The Morgan fingerprint density at radius 1 is 0.648 bits per heavy atom. The number of halogens is 1. The topological polar surface area (TPSA) is 252 Å². The molecule has 6 N–H and O–H groups in total. The molecule has 24 heteroatoms. The third-order valence-electron chi connectivity index (χ3n) is 12.3. The van der Waals surface area contributed by atoms with Gasteiger partial charge in [-0.2, -0.15) is 19.3 Å². The second kappa shape index (κ2) is 22.1. The molecule has 3 aliphatic heterocycles. The summed E-state index contributed by atoms with van der Waals surface area (Å²) in [7, 11) is 1.40. The molecule has 374 valence electrons. The molecule has 0 unspecified atom stereocenters. The van der Waals surface area contributed by atoms with Gasteiger partial charge in [-0.1, -0.05) is 11.6 Å². The number of rotatable bonds is 10. The lowest BCUT2D eigenvalue weighted by atomic mass is 10.1. The molecular weight excluding hydrogens is 932 g/mol. The molecule has 71 heavy (non-hydrogen) atoms. The Kier molecular flexibility index (Phi) is 15.4. The van der Waals surface area contributed by atoms with Crippen molar-refractivity contribution in [1.29, 1.82) is 0 Å². The minimum Gasteiger partial charge on any atom is -0.453 e. The summed E-state index contributed by atoms with van der Waals surface area (Å²) >= 11 is 5.93. The Balaban J connectivity index is 0.000000200. The summed E-state index contributed by atoms with van der Waals surface area (Å²) in [5.74, 6) is 2.13. The molecule has 0 radical (unpaired) electrons. The number of piperazine rings is 3. The van der Waals surface area contributed by atoms with Crippen molar-refractivity contribution < 1.29 is 23.9 Å². The van der Waals surface area contributed by atoms with Crippen molar-refractivity contribution in [3.63, 3.8) is 0 Å². The molecule has 4 aromatic heterocycles. The van der Waals surface area contributed by atoms with E-state index in [4.69, 9.17) is 32.5 Å². The highest BCUT2D eigenvalue weighted by atomic mass is 35.5. The molecule has 9 rings (SSSR count). The predicted octanol–water partition coefficient (Wildman–Crippen LogP) is 5.24. The molecule has 0 aliphatic carbocycles. The first-order valence-electron chi connectivity index (χ1n) is 23.3. The normalized spacial score (nSPS) is 17.0. The first kappa shape index (κ1) is 49.3. The fourth-order valence-electron chi connectivity index (χ4n) is 8.91. The van der Waals surface area contributed by atoms with E-state index in [-0.39, 0.29) is 42.1 Å². The van der Waals surface area contributed by atoms with Gasteiger partial charge in [0.05, 0.1) is 25.1 Å². The summed E-state index contributed by atoms with van der Waals surface area (Å²) in [6.07, 6.45) is 2.78. The number of carbonyl (C=O) groups excluding carboxylic acids is 3. The van der Waals surface area contributed by atoms with Crippen molar-refractivity contribution in [2.24, 2.45) is 0 Å². The van der Waals surface area contributed by atoms with Gasteiger partial charge >= 0.3 is 12.2 Å². The van der Waals surface area contributed by atoms with E-state index in [1.54, 1.807) is 45.9 Å². The summed E-state index contributed by atoms with van der Waals surface area (Å²) in [5, 5.41) is 15.7. The van der Waals surface area contributed by atoms with Crippen molar-refractivity contribution in [1.82, 2.24) is 54.2 Å². The smallest absolute Gasteiger partial charge is 0.409 e. The second-order valence-electron chi connectivity index (χ2n) is 17.1. The fraction of sp³-hybridized carbons (Fsp3) is 0.383. The van der Waals surface area contributed by atoms with E-state index in [0.29, 0.717) is 68.6 Å². The van der Waals surface area contributed by atoms with Crippen LogP contribution in [0.3, 0.4) is 0 Å². The van der Waals surface area contributed by atoms with E-state index in [1.165, 1.54) is 11.8 Å². The number of nitrogens with two attached hydrogens (primary N) is 2. The number of hydrogen-bond donors (Lipinski definition) is 4. The molecule has 23 nitrogen and oxygen atoms in total. The number of ether oxygens (including phenoxy) is 2. The first-order chi connectivity index (χ1) is 34.3. The first-order valence-corrected chi connectivity index (χ1v) is 23.7. The van der Waals surface area contributed by atoms with Crippen LogP contribution in [-0.2, 0) is 14.3 Å². The van der Waals surface area contributed by atoms with Crippen LogP contribution in [0.2, 0.25) is 5.15 Å². The van der Waals surface area contributed by atoms with Crippen LogP contribution < -0.4 is 36.8 Å². The van der Waals surface area contributed by atoms with Crippen LogP contribution in [-0.4, -0.2) is 164 Å². The Bertz CT molecular complexity index is 2760. The van der Waals surface area contributed by atoms with Crippen LogP contribution in [0.5, 0.6) is 0 Å². The van der Waals surface area contributed by atoms with E-state index in [0.717, 1.165) is 60.4 Å². The van der Waals surface area contributed by atoms with Gasteiger partial charge < -0.3 is 61.0 Å². The number of pyridine rings is 2. The van der Waals surface area contributed by atoms with Gasteiger partial charge in [-0.25, -0.2) is 19.6 Å². The number of nitrogens with zero attached hydrogens (tertiary/aromatic N) is 14. The quantitative estimate of drug-likeness (QED) is 0.128. The van der Waals surface area contributed by atoms with E-state index >= 15 is 0 Å². The number of methoxy groups -OCH3 is 1. The predicted molar refractivity (Wildman–Crippen MR) is 272 cm³/mol. The molecule has 7 heterocycles. The highest BCUT2D eigenvalue weighted by molar-refractivity contribution is 6.29. The number of aromatic nitrogens is 8. The molecule has 3 fully saturated rings. The largest absolute Gasteiger partial charge is 0.453 e. The summed E-state index contributed by atoms with van der Waals surface area (Å²) in [6, 6.07) is 23.3. The van der Waals surface area contributed by atoms with Crippen molar-refractivity contribution in [2.45, 2.75) is 39.8 Å². The maximum Gasteiger partial charge on any atom is 0.409 e. The number of benzene rings is 2. The number of hydrogen-bond acceptors (Lipinski definition) is 18. The summed E-state index contributed by atoms with van der Waals surface area (Å²) in [5.41, 5.74) is 17.5. The molecule has 0 saturated carbocycles. The lowest BCUT2D eigenvalue weighted by Crippen LogP contribution is -2.58. The van der Waals surface area contributed by atoms with Crippen LogP contribution in [0.4, 0.5) is 61.9 Å². The summed E-state index contributed by atoms with van der Waals surface area (Å²) in [6.45, 7) is 14.8. The summed E-state index contributed by atoms with van der Waals surface area (Å²) < 4.78 is 13.0. The Hall–Kier alpha value is -8.08. The fourth-order valence-corrected chi connectivity index (χ4v) is 9.08.